The third-order valence-corrected chi connectivity index (χ3v) is 13.4. The summed E-state index contributed by atoms with van der Waals surface area (Å²) in [6.07, 6.45) is 18.3. The van der Waals surface area contributed by atoms with Crippen LogP contribution in [0.25, 0.3) is 0 Å². The molecule has 0 radical (unpaired) electrons. The van der Waals surface area contributed by atoms with Crippen molar-refractivity contribution in [1.82, 2.24) is 20.9 Å². The average Bonchev–Trinajstić information content (AvgIpc) is 3.39. The number of allylic oxidation sites excluding steroid dienone is 1. The van der Waals surface area contributed by atoms with Crippen LogP contribution < -0.4 is 21.7 Å². The van der Waals surface area contributed by atoms with Gasteiger partial charge in [-0.15, -0.1) is 0 Å². The van der Waals surface area contributed by atoms with Crippen LogP contribution in [0.4, 0.5) is 4.79 Å². The second-order valence-corrected chi connectivity index (χ2v) is 17.4. The van der Waals surface area contributed by atoms with Crippen LogP contribution in [0, 0.1) is 46.3 Å². The Balaban J connectivity index is 1.24. The zero-order valence-electron chi connectivity index (χ0n) is 31.9. The first kappa shape index (κ1) is 39.2. The van der Waals surface area contributed by atoms with Gasteiger partial charge in [-0.1, -0.05) is 65.5 Å². The molecule has 0 aromatic carbocycles. The van der Waals surface area contributed by atoms with Gasteiger partial charge >= 0.3 is 6.09 Å². The molecular weight excluding hydrogens is 598 g/mol. The molecule has 8 nitrogen and oxygen atoms in total. The van der Waals surface area contributed by atoms with Crippen LogP contribution in [0.3, 0.4) is 0 Å². The number of carbonyl (C=O) groups is 2. The Labute approximate surface area is 293 Å². The third-order valence-electron chi connectivity index (χ3n) is 13.4. The molecule has 0 bridgehead atoms. The van der Waals surface area contributed by atoms with E-state index in [1.165, 1.54) is 51.4 Å². The molecule has 0 saturated heterocycles. The fraction of sp³-hybridized carbons (Fsp3) is 0.900. The van der Waals surface area contributed by atoms with E-state index in [2.05, 4.69) is 56.6 Å². The molecule has 5 unspecified atom stereocenters. The van der Waals surface area contributed by atoms with Gasteiger partial charge < -0.3 is 31.3 Å². The van der Waals surface area contributed by atoms with Crippen LogP contribution in [0.5, 0.6) is 0 Å². The molecule has 9 atom stereocenters. The lowest BCUT2D eigenvalue weighted by atomic mass is 9.47. The van der Waals surface area contributed by atoms with Gasteiger partial charge in [0.15, 0.2) is 0 Å². The molecule has 3 fully saturated rings. The molecule has 0 heterocycles. The van der Waals surface area contributed by atoms with Crippen molar-refractivity contribution >= 4 is 12.0 Å². The zero-order valence-corrected chi connectivity index (χ0v) is 31.9. The summed E-state index contributed by atoms with van der Waals surface area (Å²) in [6, 6.07) is -0.291. The van der Waals surface area contributed by atoms with Crippen LogP contribution >= 0.6 is 0 Å². The normalized spacial score (nSPS) is 32.5. The van der Waals surface area contributed by atoms with Gasteiger partial charge in [0.25, 0.3) is 0 Å². The number of amides is 2. The maximum Gasteiger partial charge on any atom is 0.407 e. The molecule has 2 amide bonds. The van der Waals surface area contributed by atoms with E-state index in [9.17, 15) is 9.59 Å². The molecule has 0 aromatic heterocycles. The van der Waals surface area contributed by atoms with Gasteiger partial charge in [0.2, 0.25) is 5.91 Å². The summed E-state index contributed by atoms with van der Waals surface area (Å²) in [4.78, 5) is 27.7. The van der Waals surface area contributed by atoms with Gasteiger partial charge in [-0.05, 0) is 138 Å². The van der Waals surface area contributed by atoms with E-state index in [0.717, 1.165) is 67.7 Å². The predicted molar refractivity (Wildman–Crippen MR) is 198 cm³/mol. The van der Waals surface area contributed by atoms with Gasteiger partial charge in [0.05, 0.1) is 6.04 Å². The summed E-state index contributed by atoms with van der Waals surface area (Å²) >= 11 is 0. The predicted octanol–water partition coefficient (Wildman–Crippen LogP) is 6.89. The number of carbonyl (C=O) groups excluding carboxylic acids is 2. The van der Waals surface area contributed by atoms with E-state index in [4.69, 9.17) is 10.5 Å². The highest BCUT2D eigenvalue weighted by atomic mass is 16.6. The molecule has 0 aliphatic heterocycles. The summed E-state index contributed by atoms with van der Waals surface area (Å²) in [5, 5.41) is 9.33. The first-order chi connectivity index (χ1) is 22.9. The van der Waals surface area contributed by atoms with Crippen LogP contribution in [0.1, 0.15) is 125 Å². The summed E-state index contributed by atoms with van der Waals surface area (Å²) in [5.41, 5.74) is 7.97. The molecule has 4 aliphatic carbocycles. The molecule has 4 rings (SSSR count). The van der Waals surface area contributed by atoms with Crippen molar-refractivity contribution in [3.63, 3.8) is 0 Å². The minimum absolute atomic E-state index is 0.00620. The molecule has 8 heteroatoms. The Morgan fingerprint density at radius 1 is 0.938 bits per heavy atom. The van der Waals surface area contributed by atoms with E-state index in [1.54, 1.807) is 5.57 Å². The van der Waals surface area contributed by atoms with Gasteiger partial charge in [0, 0.05) is 26.1 Å². The number of fused-ring (bicyclic) bond motifs is 5. The largest absolute Gasteiger partial charge is 0.446 e. The molecule has 0 aromatic rings. The highest BCUT2D eigenvalue weighted by Crippen LogP contribution is 2.67. The number of hydrogen-bond donors (Lipinski definition) is 4. The lowest BCUT2D eigenvalue weighted by Gasteiger charge is -2.58. The number of nitrogens with two attached hydrogens (primary N) is 1. The van der Waals surface area contributed by atoms with Crippen LogP contribution in [0.15, 0.2) is 11.6 Å². The smallest absolute Gasteiger partial charge is 0.407 e. The average molecular weight is 672 g/mol. The van der Waals surface area contributed by atoms with E-state index >= 15 is 0 Å². The third kappa shape index (κ3) is 9.78. The molecule has 48 heavy (non-hydrogen) atoms. The summed E-state index contributed by atoms with van der Waals surface area (Å²) in [5.74, 6) is 5.00. The monoisotopic (exact) mass is 672 g/mol. The van der Waals surface area contributed by atoms with Crippen molar-refractivity contribution in [2.24, 2.45) is 52.1 Å². The number of nitrogens with one attached hydrogen (secondary N) is 3. The number of likely N-dealkylation sites (N-methyl/N-ethyl adjacent to an activating group) is 1. The van der Waals surface area contributed by atoms with Crippen LogP contribution in [0.2, 0.25) is 0 Å². The van der Waals surface area contributed by atoms with Crippen molar-refractivity contribution < 1.29 is 14.3 Å². The van der Waals surface area contributed by atoms with Crippen molar-refractivity contribution in [3.05, 3.63) is 11.6 Å². The number of ether oxygens (including phenoxy) is 1. The lowest BCUT2D eigenvalue weighted by Crippen LogP contribution is -2.51. The number of nitrogens with zero attached hydrogens (tertiary/aromatic N) is 1. The highest BCUT2D eigenvalue weighted by molar-refractivity contribution is 5.81. The first-order valence-electron chi connectivity index (χ1n) is 19.9. The van der Waals surface area contributed by atoms with Crippen molar-refractivity contribution in [2.75, 3.05) is 46.8 Å². The first-order valence-corrected chi connectivity index (χ1v) is 19.9. The highest BCUT2D eigenvalue weighted by Gasteiger charge is 2.59. The molecule has 5 N–H and O–H groups in total. The molecular formula is C40H73N5O3. The van der Waals surface area contributed by atoms with E-state index in [0.29, 0.717) is 44.4 Å². The Morgan fingerprint density at radius 3 is 2.46 bits per heavy atom. The summed E-state index contributed by atoms with van der Waals surface area (Å²) < 4.78 is 6.00. The number of alkyl carbamates (subject to hydrolysis) is 1. The molecule has 276 valence electrons. The van der Waals surface area contributed by atoms with Gasteiger partial charge in [0.1, 0.15) is 6.10 Å². The van der Waals surface area contributed by atoms with Crippen molar-refractivity contribution in [1.29, 1.82) is 0 Å². The fourth-order valence-electron chi connectivity index (χ4n) is 10.7. The summed E-state index contributed by atoms with van der Waals surface area (Å²) in [7, 11) is 3.99. The number of hydrogen-bond acceptors (Lipinski definition) is 6. The van der Waals surface area contributed by atoms with Crippen LogP contribution in [-0.4, -0.2) is 75.9 Å². The van der Waals surface area contributed by atoms with E-state index in [1.807, 2.05) is 19.0 Å². The Hall–Kier alpha value is -1.64. The van der Waals surface area contributed by atoms with Crippen molar-refractivity contribution in [2.45, 2.75) is 137 Å². The second-order valence-electron chi connectivity index (χ2n) is 17.4. The Bertz CT molecular complexity index is 1060. The SMILES string of the molecule is CC(C)CCC[C@@H](C)[C@H]1CCC2C3CC=C4CC(OC(=O)NCCCC(NCCCN)C(=O)NCCN(C)C)CC[C@]4(C)C3CC[C@@]21C. The van der Waals surface area contributed by atoms with Crippen LogP contribution in [-0.2, 0) is 9.53 Å². The van der Waals surface area contributed by atoms with Gasteiger partial charge in [-0.3, -0.25) is 4.79 Å². The van der Waals surface area contributed by atoms with Gasteiger partial charge in [-0.25, -0.2) is 4.79 Å². The molecule has 4 aliphatic rings. The zero-order chi connectivity index (χ0) is 34.9. The van der Waals surface area contributed by atoms with E-state index < -0.39 is 0 Å². The lowest BCUT2D eigenvalue weighted by molar-refractivity contribution is -0.123. The molecule has 0 spiro atoms. The summed E-state index contributed by atoms with van der Waals surface area (Å²) in [6.45, 7) is 15.7. The second kappa shape index (κ2) is 18.0. The minimum Gasteiger partial charge on any atom is -0.446 e. The topological polar surface area (TPSA) is 109 Å². The Morgan fingerprint density at radius 2 is 1.73 bits per heavy atom. The minimum atomic E-state index is -0.325. The van der Waals surface area contributed by atoms with Crippen molar-refractivity contribution in [3.8, 4) is 0 Å². The Kier molecular flexibility index (Phi) is 14.7. The quantitative estimate of drug-likeness (QED) is 0.0934. The number of rotatable bonds is 18. The van der Waals surface area contributed by atoms with E-state index in [-0.39, 0.29) is 29.6 Å². The van der Waals surface area contributed by atoms with Gasteiger partial charge in [-0.2, -0.15) is 0 Å². The standard InChI is InChI=1S/C40H73N5O3/c1-28(2)11-8-12-29(3)33-16-17-34-32-15-14-30-27-31(18-20-39(30,4)35(32)19-21-40(33,34)5)48-38(47)44-23-9-13-36(42-24-10-22-41)37(46)43-25-26-45(6)7/h14,28-29,31-36,42H,8-13,15-27,41H2,1-7H3,(H,43,46)(H,44,47)/t29-,31?,32?,33-,34?,35?,36?,39+,40-/m1/s1. The molecule has 3 saturated carbocycles. The fourth-order valence-corrected chi connectivity index (χ4v) is 10.7. The maximum absolute atomic E-state index is 12.9. The maximum atomic E-state index is 12.9.